The molecule has 0 aliphatic rings. The Labute approximate surface area is 166 Å². The van der Waals surface area contributed by atoms with Crippen LogP contribution in [0.4, 0.5) is 32.2 Å². The third-order valence-corrected chi connectivity index (χ3v) is 3.95. The maximum absolute atomic E-state index is 13.0. The van der Waals surface area contributed by atoms with E-state index in [0.29, 0.717) is 6.33 Å². The van der Waals surface area contributed by atoms with Crippen LogP contribution in [-0.2, 0) is 12.4 Å². The van der Waals surface area contributed by atoms with Crippen molar-refractivity contribution in [1.82, 2.24) is 9.97 Å². The van der Waals surface area contributed by atoms with E-state index < -0.39 is 34.7 Å². The van der Waals surface area contributed by atoms with Crippen LogP contribution in [0.5, 0.6) is 0 Å². The summed E-state index contributed by atoms with van der Waals surface area (Å²) in [6.07, 6.45) is -8.65. The van der Waals surface area contributed by atoms with Gasteiger partial charge in [-0.25, -0.2) is 9.97 Å². The molecule has 0 aliphatic carbocycles. The Kier molecular flexibility index (Phi) is 6.67. The van der Waals surface area contributed by atoms with E-state index in [9.17, 15) is 26.3 Å². The average molecular weight is 442 g/mol. The molecule has 1 heterocycles. The highest BCUT2D eigenvalue weighted by Crippen LogP contribution is 2.36. The van der Waals surface area contributed by atoms with E-state index in [2.05, 4.69) is 27.1 Å². The lowest BCUT2D eigenvalue weighted by Gasteiger charge is -2.15. The zero-order valence-electron chi connectivity index (χ0n) is 14.0. The molecule has 1 atom stereocenters. The van der Waals surface area contributed by atoms with Crippen LogP contribution in [0.15, 0.2) is 24.5 Å². The Morgan fingerprint density at radius 1 is 1.07 bits per heavy atom. The van der Waals surface area contributed by atoms with Gasteiger partial charge in [-0.1, -0.05) is 35.0 Å². The number of hydrogen-bond acceptors (Lipinski definition) is 3. The number of aromatic nitrogens is 2. The van der Waals surface area contributed by atoms with Gasteiger partial charge in [-0.2, -0.15) is 26.3 Å². The number of anilines is 1. The Balaban J connectivity index is 2.15. The van der Waals surface area contributed by atoms with Crippen molar-refractivity contribution in [3.05, 3.63) is 51.4 Å². The number of benzene rings is 1. The van der Waals surface area contributed by atoms with Gasteiger partial charge in [0.2, 0.25) is 0 Å². The van der Waals surface area contributed by atoms with Gasteiger partial charge in [-0.3, -0.25) is 0 Å². The number of hydrogen-bond donors (Lipinski definition) is 1. The van der Waals surface area contributed by atoms with E-state index in [-0.39, 0.29) is 22.8 Å². The third-order valence-electron chi connectivity index (χ3n) is 3.36. The minimum absolute atomic E-state index is 0.0155. The summed E-state index contributed by atoms with van der Waals surface area (Å²) < 4.78 is 77.4. The molecule has 1 aromatic carbocycles. The lowest BCUT2D eigenvalue weighted by molar-refractivity contribution is -0.141. The van der Waals surface area contributed by atoms with Crippen LogP contribution in [0.25, 0.3) is 0 Å². The summed E-state index contributed by atoms with van der Waals surface area (Å²) in [7, 11) is 0. The third kappa shape index (κ3) is 5.66. The molecule has 150 valence electrons. The normalized spacial score (nSPS) is 12.9. The van der Waals surface area contributed by atoms with E-state index >= 15 is 0 Å². The van der Waals surface area contributed by atoms with Crippen molar-refractivity contribution in [2.75, 3.05) is 5.32 Å². The molecular formula is C17H11Cl2F6N3. The second-order valence-electron chi connectivity index (χ2n) is 5.62. The fourth-order valence-electron chi connectivity index (χ4n) is 2.11. The van der Waals surface area contributed by atoms with E-state index in [1.54, 1.807) is 6.92 Å². The minimum atomic E-state index is -4.75. The molecule has 11 heteroatoms. The maximum Gasteiger partial charge on any atom is 0.435 e. The SMILES string of the molecule is CC(CC#Cc1ccc(Cl)cc1C(F)(F)F)Nc1ncnc(C(F)(F)F)c1Cl. The fourth-order valence-corrected chi connectivity index (χ4v) is 2.54. The first-order chi connectivity index (χ1) is 12.9. The highest BCUT2D eigenvalue weighted by atomic mass is 35.5. The number of nitrogens with one attached hydrogen (secondary N) is 1. The fraction of sp³-hybridized carbons (Fsp3) is 0.294. The van der Waals surface area contributed by atoms with Crippen LogP contribution >= 0.6 is 23.2 Å². The summed E-state index contributed by atoms with van der Waals surface area (Å²) >= 11 is 11.3. The van der Waals surface area contributed by atoms with Gasteiger partial charge in [0.25, 0.3) is 0 Å². The second-order valence-corrected chi connectivity index (χ2v) is 6.44. The number of rotatable bonds is 3. The molecule has 28 heavy (non-hydrogen) atoms. The monoisotopic (exact) mass is 441 g/mol. The highest BCUT2D eigenvalue weighted by molar-refractivity contribution is 6.33. The predicted molar refractivity (Wildman–Crippen MR) is 93.1 cm³/mol. The molecular weight excluding hydrogens is 431 g/mol. The van der Waals surface area contributed by atoms with Gasteiger partial charge >= 0.3 is 12.4 Å². The van der Waals surface area contributed by atoms with Crippen LogP contribution in [0, 0.1) is 11.8 Å². The Bertz CT molecular complexity index is 916. The Hall–Kier alpha value is -2.18. The zero-order valence-corrected chi connectivity index (χ0v) is 15.5. The molecule has 0 radical (unpaired) electrons. The topological polar surface area (TPSA) is 37.8 Å². The van der Waals surface area contributed by atoms with Crippen LogP contribution in [0.2, 0.25) is 10.0 Å². The summed E-state index contributed by atoms with van der Waals surface area (Å²) in [4.78, 5) is 6.75. The quantitative estimate of drug-likeness (QED) is 0.464. The van der Waals surface area contributed by atoms with Crippen molar-refractivity contribution in [3.63, 3.8) is 0 Å². The standard InChI is InChI=1S/C17H11Cl2F6N3/c1-9(28-15-13(19)14(17(23,24)25)26-8-27-15)3-2-4-10-5-6-11(18)7-12(10)16(20,21)22/h5-9H,3H2,1H3,(H,26,27,28). The molecule has 0 saturated heterocycles. The minimum Gasteiger partial charge on any atom is -0.365 e. The van der Waals surface area contributed by atoms with Gasteiger partial charge in [0.05, 0.1) is 5.56 Å². The summed E-state index contributed by atoms with van der Waals surface area (Å²) in [5.74, 6) is 4.70. The van der Waals surface area contributed by atoms with Crippen molar-refractivity contribution in [3.8, 4) is 11.8 Å². The zero-order chi connectivity index (χ0) is 21.1. The number of nitrogens with zero attached hydrogens (tertiary/aromatic N) is 2. The molecule has 2 rings (SSSR count). The molecule has 0 aliphatic heterocycles. The molecule has 0 amide bonds. The predicted octanol–water partition coefficient (Wildman–Crippen LogP) is 6.06. The van der Waals surface area contributed by atoms with Crippen LogP contribution in [0.3, 0.4) is 0 Å². The van der Waals surface area contributed by atoms with Crippen LogP contribution in [-0.4, -0.2) is 16.0 Å². The van der Waals surface area contributed by atoms with Crippen molar-refractivity contribution >= 4 is 29.0 Å². The van der Waals surface area contributed by atoms with Gasteiger partial charge in [-0.05, 0) is 25.1 Å². The van der Waals surface area contributed by atoms with Crippen molar-refractivity contribution in [1.29, 1.82) is 0 Å². The van der Waals surface area contributed by atoms with Crippen molar-refractivity contribution in [2.24, 2.45) is 0 Å². The summed E-state index contributed by atoms with van der Waals surface area (Å²) in [5, 5.41) is 1.85. The van der Waals surface area contributed by atoms with E-state index in [4.69, 9.17) is 23.2 Å². The molecule has 0 bridgehead atoms. The molecule has 1 unspecified atom stereocenters. The number of alkyl halides is 6. The second kappa shape index (κ2) is 8.45. The highest BCUT2D eigenvalue weighted by Gasteiger charge is 2.36. The molecule has 1 aromatic heterocycles. The van der Waals surface area contributed by atoms with Gasteiger partial charge in [0.1, 0.15) is 17.2 Å². The van der Waals surface area contributed by atoms with E-state index in [0.717, 1.165) is 12.1 Å². The van der Waals surface area contributed by atoms with Crippen molar-refractivity contribution < 1.29 is 26.3 Å². The molecule has 2 aromatic rings. The maximum atomic E-state index is 13.0. The molecule has 0 fully saturated rings. The van der Waals surface area contributed by atoms with Crippen LogP contribution in [0.1, 0.15) is 30.2 Å². The average Bonchev–Trinajstić information content (AvgIpc) is 2.56. The molecule has 0 spiro atoms. The largest absolute Gasteiger partial charge is 0.435 e. The molecule has 3 nitrogen and oxygen atoms in total. The molecule has 1 N–H and O–H groups in total. The first-order valence-corrected chi connectivity index (χ1v) is 8.35. The number of halogens is 8. The summed E-state index contributed by atoms with van der Waals surface area (Å²) in [6, 6.07) is 2.64. The van der Waals surface area contributed by atoms with Crippen molar-refractivity contribution in [2.45, 2.75) is 31.7 Å². The van der Waals surface area contributed by atoms with Crippen LogP contribution < -0.4 is 5.32 Å². The Morgan fingerprint density at radius 2 is 1.75 bits per heavy atom. The Morgan fingerprint density at radius 3 is 2.36 bits per heavy atom. The smallest absolute Gasteiger partial charge is 0.365 e. The van der Waals surface area contributed by atoms with E-state index in [1.807, 2.05) is 0 Å². The van der Waals surface area contributed by atoms with Gasteiger partial charge in [0, 0.05) is 23.0 Å². The van der Waals surface area contributed by atoms with Gasteiger partial charge < -0.3 is 5.32 Å². The van der Waals surface area contributed by atoms with Gasteiger partial charge in [0.15, 0.2) is 5.69 Å². The summed E-state index contributed by atoms with van der Waals surface area (Å²) in [6.45, 7) is 1.56. The van der Waals surface area contributed by atoms with E-state index in [1.165, 1.54) is 6.07 Å². The first-order valence-electron chi connectivity index (χ1n) is 7.59. The van der Waals surface area contributed by atoms with Gasteiger partial charge in [-0.15, -0.1) is 0 Å². The lowest BCUT2D eigenvalue weighted by Crippen LogP contribution is -2.18. The first kappa shape index (κ1) is 22.1. The summed E-state index contributed by atoms with van der Waals surface area (Å²) in [5.41, 5.74) is -2.52. The molecule has 0 saturated carbocycles. The lowest BCUT2D eigenvalue weighted by atomic mass is 10.1.